The van der Waals surface area contributed by atoms with Gasteiger partial charge in [-0.15, -0.1) is 0 Å². The number of nitrogens with one attached hydrogen (secondary N) is 2. The smallest absolute Gasteiger partial charge is 0.251 e. The number of rotatable bonds is 4. The summed E-state index contributed by atoms with van der Waals surface area (Å²) >= 11 is 3.36. The first-order valence-corrected chi connectivity index (χ1v) is 10.0. The minimum Gasteiger partial charge on any atom is -0.347 e. The molecule has 28 heavy (non-hydrogen) atoms. The second kappa shape index (κ2) is 7.75. The Labute approximate surface area is 171 Å². The fourth-order valence-corrected chi connectivity index (χ4v) is 4.25. The van der Waals surface area contributed by atoms with Crippen molar-refractivity contribution < 1.29 is 14.4 Å². The molecule has 2 aliphatic heterocycles. The third kappa shape index (κ3) is 3.80. The van der Waals surface area contributed by atoms with Crippen LogP contribution in [0.2, 0.25) is 0 Å². The molecule has 3 amide bonds. The lowest BCUT2D eigenvalue weighted by molar-refractivity contribution is -0.147. The Hall–Kier alpha value is -2.67. The number of halogens is 1. The third-order valence-corrected chi connectivity index (χ3v) is 5.70. The standard InChI is InChI=1S/C21H20BrN3O3/c22-15-8-4-7-14(10-15)19(26)23-16-11-18-20(27)24-17(21(28)25(18)12-16)9-13-5-2-1-3-6-13/h1-8,10,16-18H,9,11-12H2,(H,23,26)(H,24,27)/t16-,17-,18-/m0/s1. The van der Waals surface area contributed by atoms with E-state index in [0.29, 0.717) is 24.9 Å². The van der Waals surface area contributed by atoms with E-state index in [9.17, 15) is 14.4 Å². The highest BCUT2D eigenvalue weighted by molar-refractivity contribution is 9.10. The largest absolute Gasteiger partial charge is 0.347 e. The number of carbonyl (C=O) groups excluding carboxylic acids is 3. The summed E-state index contributed by atoms with van der Waals surface area (Å²) in [6.45, 7) is 0.349. The lowest BCUT2D eigenvalue weighted by Crippen LogP contribution is -2.61. The molecule has 2 aromatic carbocycles. The topological polar surface area (TPSA) is 78.5 Å². The van der Waals surface area contributed by atoms with Crippen molar-refractivity contribution in [3.05, 3.63) is 70.2 Å². The predicted octanol–water partition coefficient (Wildman–Crippen LogP) is 1.89. The van der Waals surface area contributed by atoms with Crippen molar-refractivity contribution in [2.45, 2.75) is 31.0 Å². The number of hydrogen-bond donors (Lipinski definition) is 2. The minimum atomic E-state index is -0.564. The van der Waals surface area contributed by atoms with Crippen LogP contribution in [0.5, 0.6) is 0 Å². The number of fused-ring (bicyclic) bond motifs is 1. The predicted molar refractivity (Wildman–Crippen MR) is 108 cm³/mol. The van der Waals surface area contributed by atoms with Crippen LogP contribution in [-0.4, -0.2) is 47.3 Å². The fourth-order valence-electron chi connectivity index (χ4n) is 3.85. The van der Waals surface area contributed by atoms with Gasteiger partial charge >= 0.3 is 0 Å². The molecular formula is C21H20BrN3O3. The number of carbonyl (C=O) groups is 3. The fraction of sp³-hybridized carbons (Fsp3) is 0.286. The summed E-state index contributed by atoms with van der Waals surface area (Å²) in [5.74, 6) is -0.452. The highest BCUT2D eigenvalue weighted by Crippen LogP contribution is 2.24. The summed E-state index contributed by atoms with van der Waals surface area (Å²) in [5.41, 5.74) is 1.54. The average Bonchev–Trinajstić information content (AvgIpc) is 3.11. The van der Waals surface area contributed by atoms with Gasteiger partial charge in [-0.3, -0.25) is 14.4 Å². The van der Waals surface area contributed by atoms with Gasteiger partial charge in [0.05, 0.1) is 0 Å². The van der Waals surface area contributed by atoms with Crippen LogP contribution in [0, 0.1) is 0 Å². The maximum atomic E-state index is 12.9. The number of benzene rings is 2. The Morgan fingerprint density at radius 3 is 2.68 bits per heavy atom. The first-order chi connectivity index (χ1) is 13.5. The lowest BCUT2D eigenvalue weighted by atomic mass is 10.0. The van der Waals surface area contributed by atoms with Crippen molar-refractivity contribution in [1.82, 2.24) is 15.5 Å². The summed E-state index contributed by atoms with van der Waals surface area (Å²) < 4.78 is 0.822. The number of hydrogen-bond acceptors (Lipinski definition) is 3. The number of piperazine rings is 1. The van der Waals surface area contributed by atoms with Gasteiger partial charge in [-0.2, -0.15) is 0 Å². The van der Waals surface area contributed by atoms with Crippen LogP contribution in [0.25, 0.3) is 0 Å². The normalized spacial score (nSPS) is 23.9. The van der Waals surface area contributed by atoms with Crippen LogP contribution in [0.3, 0.4) is 0 Å². The molecule has 0 radical (unpaired) electrons. The van der Waals surface area contributed by atoms with Gasteiger partial charge in [-0.1, -0.05) is 52.3 Å². The zero-order valence-electron chi connectivity index (χ0n) is 15.1. The maximum Gasteiger partial charge on any atom is 0.251 e. The van der Waals surface area contributed by atoms with E-state index in [1.165, 1.54) is 0 Å². The van der Waals surface area contributed by atoms with E-state index in [2.05, 4.69) is 26.6 Å². The number of amides is 3. The molecule has 2 heterocycles. The lowest BCUT2D eigenvalue weighted by Gasteiger charge is -2.34. The van der Waals surface area contributed by atoms with E-state index in [4.69, 9.17) is 0 Å². The Morgan fingerprint density at radius 2 is 1.93 bits per heavy atom. The van der Waals surface area contributed by atoms with E-state index < -0.39 is 12.1 Å². The molecule has 0 spiro atoms. The molecule has 0 bridgehead atoms. The van der Waals surface area contributed by atoms with Crippen molar-refractivity contribution in [2.75, 3.05) is 6.54 Å². The van der Waals surface area contributed by atoms with Crippen molar-refractivity contribution in [2.24, 2.45) is 0 Å². The van der Waals surface area contributed by atoms with Crippen LogP contribution in [0.4, 0.5) is 0 Å². The first-order valence-electron chi connectivity index (χ1n) is 9.22. The molecule has 2 fully saturated rings. The van der Waals surface area contributed by atoms with Crippen LogP contribution in [0.1, 0.15) is 22.3 Å². The van der Waals surface area contributed by atoms with Gasteiger partial charge in [0.25, 0.3) is 5.91 Å². The Balaban J connectivity index is 1.43. The molecule has 0 unspecified atom stereocenters. The Morgan fingerprint density at radius 1 is 1.14 bits per heavy atom. The van der Waals surface area contributed by atoms with Gasteiger partial charge in [0.1, 0.15) is 12.1 Å². The molecule has 6 nitrogen and oxygen atoms in total. The Kier molecular flexibility index (Phi) is 5.17. The summed E-state index contributed by atoms with van der Waals surface area (Å²) in [5, 5.41) is 5.80. The van der Waals surface area contributed by atoms with E-state index >= 15 is 0 Å². The van der Waals surface area contributed by atoms with Crippen LogP contribution in [-0.2, 0) is 16.0 Å². The molecule has 2 aromatic rings. The van der Waals surface area contributed by atoms with Crippen molar-refractivity contribution >= 4 is 33.7 Å². The Bertz CT molecular complexity index is 918. The molecule has 0 aromatic heterocycles. The number of nitrogens with zero attached hydrogens (tertiary/aromatic N) is 1. The summed E-state index contributed by atoms with van der Waals surface area (Å²) in [6, 6.07) is 15.4. The van der Waals surface area contributed by atoms with E-state index in [0.717, 1.165) is 10.0 Å². The van der Waals surface area contributed by atoms with Crippen molar-refractivity contribution in [3.63, 3.8) is 0 Å². The molecule has 2 aliphatic rings. The quantitative estimate of drug-likeness (QED) is 0.760. The molecule has 3 atom stereocenters. The average molecular weight is 442 g/mol. The van der Waals surface area contributed by atoms with E-state index in [-0.39, 0.29) is 23.8 Å². The van der Waals surface area contributed by atoms with Crippen LogP contribution < -0.4 is 10.6 Å². The molecule has 2 saturated heterocycles. The zero-order chi connectivity index (χ0) is 19.7. The molecule has 0 aliphatic carbocycles. The molecule has 4 rings (SSSR count). The van der Waals surface area contributed by atoms with Gasteiger partial charge in [-0.05, 0) is 30.2 Å². The van der Waals surface area contributed by atoms with Gasteiger partial charge in [-0.25, -0.2) is 0 Å². The van der Waals surface area contributed by atoms with Crippen LogP contribution in [0.15, 0.2) is 59.1 Å². The zero-order valence-corrected chi connectivity index (χ0v) is 16.7. The van der Waals surface area contributed by atoms with Gasteiger partial charge in [0.2, 0.25) is 11.8 Å². The molecular weight excluding hydrogens is 422 g/mol. The summed E-state index contributed by atoms with van der Waals surface area (Å²) in [6.07, 6.45) is 0.888. The van der Waals surface area contributed by atoms with Gasteiger partial charge < -0.3 is 15.5 Å². The highest BCUT2D eigenvalue weighted by atomic mass is 79.9. The maximum absolute atomic E-state index is 12.9. The van der Waals surface area contributed by atoms with E-state index in [1.54, 1.807) is 23.1 Å². The SMILES string of the molecule is O=C(N[C@H]1C[C@H]2C(=O)N[C@@H](Cc3ccccc3)C(=O)N2C1)c1cccc(Br)c1. The first kappa shape index (κ1) is 18.7. The third-order valence-electron chi connectivity index (χ3n) is 5.21. The van der Waals surface area contributed by atoms with Gasteiger partial charge in [0.15, 0.2) is 0 Å². The van der Waals surface area contributed by atoms with E-state index in [1.807, 2.05) is 36.4 Å². The molecule has 144 valence electrons. The van der Waals surface area contributed by atoms with Gasteiger partial charge in [0, 0.05) is 29.0 Å². The van der Waals surface area contributed by atoms with Crippen molar-refractivity contribution in [3.8, 4) is 0 Å². The summed E-state index contributed by atoms with van der Waals surface area (Å²) in [4.78, 5) is 39.5. The highest BCUT2D eigenvalue weighted by Gasteiger charge is 2.46. The minimum absolute atomic E-state index is 0.0901. The molecule has 2 N–H and O–H groups in total. The van der Waals surface area contributed by atoms with Crippen LogP contribution >= 0.6 is 15.9 Å². The molecule has 7 heteroatoms. The second-order valence-corrected chi connectivity index (χ2v) is 8.09. The second-order valence-electron chi connectivity index (χ2n) is 7.17. The summed E-state index contributed by atoms with van der Waals surface area (Å²) in [7, 11) is 0. The molecule has 0 saturated carbocycles. The van der Waals surface area contributed by atoms with Crippen molar-refractivity contribution in [1.29, 1.82) is 0 Å². The monoisotopic (exact) mass is 441 g/mol.